The van der Waals surface area contributed by atoms with Gasteiger partial charge in [-0.25, -0.2) is 0 Å². The zero-order valence-electron chi connectivity index (χ0n) is 15.5. The fraction of sp³-hybridized carbons (Fsp3) is 0.438. The Balaban J connectivity index is 2.54. The Morgan fingerprint density at radius 2 is 0.923 bits per heavy atom. The molecular weight excluding hydrogens is 430 g/mol. The minimum atomic E-state index is -4.21. The zero-order chi connectivity index (χ0) is 19.4. The van der Waals surface area contributed by atoms with Crippen LogP contribution in [0.5, 0.6) is 0 Å². The number of hydrogen-bond donors (Lipinski definition) is 0. The van der Waals surface area contributed by atoms with Crippen molar-refractivity contribution in [1.29, 1.82) is 0 Å². The molecular formula is C16H21Cl3N6Ti. The number of aromatic nitrogens is 6. The van der Waals surface area contributed by atoms with Gasteiger partial charge in [-0.2, -0.15) is 0 Å². The average Bonchev–Trinajstić information content (AvgIpc) is 3.10. The van der Waals surface area contributed by atoms with Crippen LogP contribution in [-0.2, 0) is 17.5 Å². The number of hydrogen-bond acceptors (Lipinski definition) is 3. The summed E-state index contributed by atoms with van der Waals surface area (Å²) in [6, 6.07) is 5.89. The van der Waals surface area contributed by atoms with Crippen LogP contribution >= 0.6 is 27.9 Å². The van der Waals surface area contributed by atoms with Crippen LogP contribution in [0.3, 0.4) is 0 Å². The molecule has 3 aromatic heterocycles. The first-order chi connectivity index (χ1) is 12.0. The van der Waals surface area contributed by atoms with Crippen LogP contribution < -0.4 is 0 Å². The second kappa shape index (κ2) is 6.68. The van der Waals surface area contributed by atoms with E-state index in [0.29, 0.717) is 0 Å². The number of nitrogens with zero attached hydrogens (tertiary/aromatic N) is 6. The van der Waals surface area contributed by atoms with Crippen molar-refractivity contribution in [3.05, 3.63) is 52.4 Å². The van der Waals surface area contributed by atoms with Gasteiger partial charge >= 0.3 is 169 Å². The fourth-order valence-electron chi connectivity index (χ4n) is 3.46. The van der Waals surface area contributed by atoms with Crippen LogP contribution in [0, 0.1) is 41.5 Å². The van der Waals surface area contributed by atoms with Crippen LogP contribution in [0.15, 0.2) is 18.2 Å². The van der Waals surface area contributed by atoms with E-state index in [9.17, 15) is 0 Å². The summed E-state index contributed by atoms with van der Waals surface area (Å²) in [4.78, 5) is 0. The Morgan fingerprint density at radius 1 is 0.654 bits per heavy atom. The molecule has 140 valence electrons. The van der Waals surface area contributed by atoms with Crippen molar-refractivity contribution in [2.24, 2.45) is 0 Å². The van der Waals surface area contributed by atoms with E-state index in [2.05, 4.69) is 0 Å². The molecule has 0 unspecified atom stereocenters. The van der Waals surface area contributed by atoms with E-state index >= 15 is 0 Å². The first kappa shape index (κ1) is 20.0. The molecule has 0 fully saturated rings. The molecule has 0 radical (unpaired) electrons. The first-order valence-electron chi connectivity index (χ1n) is 8.16. The standard InChI is InChI=1S/C16H21N6.3ClH.Ti/c1-10-7-13(4)20(17-10)16(21-14(5)8-11(2)18-21)22-15(6)9-12(3)19-22;;;;/h7-9H,1-6H3;3*1H;/q;;;;+3/p-3. The van der Waals surface area contributed by atoms with Crippen molar-refractivity contribution in [1.82, 2.24) is 29.3 Å². The van der Waals surface area contributed by atoms with E-state index in [4.69, 9.17) is 43.2 Å². The molecule has 3 rings (SSSR count). The van der Waals surface area contributed by atoms with Crippen LogP contribution in [0.25, 0.3) is 0 Å². The van der Waals surface area contributed by atoms with Gasteiger partial charge in [0.05, 0.1) is 0 Å². The van der Waals surface area contributed by atoms with Gasteiger partial charge in [0, 0.05) is 0 Å². The third-order valence-electron chi connectivity index (χ3n) is 4.30. The van der Waals surface area contributed by atoms with Gasteiger partial charge in [-0.15, -0.1) is 0 Å². The summed E-state index contributed by atoms with van der Waals surface area (Å²) >= 11 is -4.21. The van der Waals surface area contributed by atoms with E-state index in [1.54, 1.807) is 14.0 Å². The molecule has 0 aliphatic rings. The van der Waals surface area contributed by atoms with Gasteiger partial charge in [-0.3, -0.25) is 0 Å². The quantitative estimate of drug-likeness (QED) is 0.552. The van der Waals surface area contributed by atoms with Gasteiger partial charge in [0.1, 0.15) is 0 Å². The van der Waals surface area contributed by atoms with Crippen LogP contribution in [0.4, 0.5) is 0 Å². The summed E-state index contributed by atoms with van der Waals surface area (Å²) in [5.41, 5.74) is 5.14. The summed E-state index contributed by atoms with van der Waals surface area (Å²) in [5.74, 6) is 0. The molecule has 0 bridgehead atoms. The van der Waals surface area contributed by atoms with E-state index in [1.807, 2.05) is 59.7 Å². The molecule has 0 atom stereocenters. The Bertz CT molecular complexity index is 853. The van der Waals surface area contributed by atoms with Gasteiger partial charge in [-0.1, -0.05) is 0 Å². The predicted molar refractivity (Wildman–Crippen MR) is 101 cm³/mol. The Hall–Kier alpha value is -0.786. The maximum absolute atomic E-state index is 6.84. The van der Waals surface area contributed by atoms with Crippen LogP contribution in [-0.4, -0.2) is 29.3 Å². The second-order valence-electron chi connectivity index (χ2n) is 6.65. The first-order valence-corrected chi connectivity index (χ1v) is 15.4. The van der Waals surface area contributed by atoms with Crippen LogP contribution in [0.2, 0.25) is 0 Å². The van der Waals surface area contributed by atoms with Crippen LogP contribution in [0.1, 0.15) is 34.2 Å². The van der Waals surface area contributed by atoms with E-state index in [-0.39, 0.29) is 0 Å². The second-order valence-corrected chi connectivity index (χ2v) is 18.7. The third-order valence-corrected chi connectivity index (χ3v) is 9.61. The van der Waals surface area contributed by atoms with Crippen molar-refractivity contribution in [3.8, 4) is 0 Å². The Morgan fingerprint density at radius 3 is 1.08 bits per heavy atom. The third kappa shape index (κ3) is 2.96. The monoisotopic (exact) mass is 450 g/mol. The summed E-state index contributed by atoms with van der Waals surface area (Å²) in [5, 5.41) is 14.1. The van der Waals surface area contributed by atoms with Gasteiger partial charge in [0.15, 0.2) is 0 Å². The molecule has 0 aromatic carbocycles. The number of halogens is 3. The molecule has 26 heavy (non-hydrogen) atoms. The minimum absolute atomic E-state index is 0.839. The molecule has 0 N–H and O–H groups in total. The zero-order valence-corrected chi connectivity index (χ0v) is 19.4. The van der Waals surface area contributed by atoms with Gasteiger partial charge in [0.25, 0.3) is 0 Å². The summed E-state index contributed by atoms with van der Waals surface area (Å²) < 4.78 is 4.07. The van der Waals surface area contributed by atoms with E-state index in [1.165, 1.54) is 0 Å². The molecule has 0 saturated carbocycles. The molecule has 3 heterocycles. The predicted octanol–water partition coefficient (Wildman–Crippen LogP) is 4.41. The van der Waals surface area contributed by atoms with E-state index in [0.717, 1.165) is 34.2 Å². The van der Waals surface area contributed by atoms with Crippen molar-refractivity contribution in [2.75, 3.05) is 0 Å². The number of rotatable bonds is 4. The van der Waals surface area contributed by atoms with Gasteiger partial charge in [0.2, 0.25) is 0 Å². The molecule has 3 aromatic rings. The molecule has 0 aliphatic heterocycles. The molecule has 0 amide bonds. The topological polar surface area (TPSA) is 53.5 Å². The van der Waals surface area contributed by atoms with Crippen molar-refractivity contribution >= 4 is 27.9 Å². The Kier molecular flexibility index (Phi) is 5.12. The maximum atomic E-state index is 6.84. The van der Waals surface area contributed by atoms with Crippen molar-refractivity contribution in [3.63, 3.8) is 0 Å². The van der Waals surface area contributed by atoms with Crippen molar-refractivity contribution in [2.45, 2.75) is 45.6 Å². The molecule has 0 saturated heterocycles. The summed E-state index contributed by atoms with van der Waals surface area (Å²) in [6.45, 7) is 11.6. The SMILES string of the molecule is Cc1cc(C)n([C](n2nc(C)cc2C)(n2nc(C)cc2C)[Ti]([Cl])([Cl])[Cl])n1. The molecule has 6 nitrogen and oxygen atoms in total. The van der Waals surface area contributed by atoms with E-state index < -0.39 is 17.5 Å². The number of aryl methyl sites for hydroxylation is 6. The normalized spacial score (nSPS) is 12.8. The molecule has 0 aliphatic carbocycles. The fourth-order valence-corrected chi connectivity index (χ4v) is 8.62. The van der Waals surface area contributed by atoms with Gasteiger partial charge in [-0.05, 0) is 0 Å². The summed E-state index contributed by atoms with van der Waals surface area (Å²) in [6.07, 6.45) is 0. The van der Waals surface area contributed by atoms with Gasteiger partial charge < -0.3 is 0 Å². The Labute approximate surface area is 168 Å². The van der Waals surface area contributed by atoms with Crippen molar-refractivity contribution < 1.29 is 13.4 Å². The molecule has 10 heteroatoms. The molecule has 0 spiro atoms. The average molecular weight is 452 g/mol. The summed E-state index contributed by atoms with van der Waals surface area (Å²) in [7, 11) is 20.5.